The van der Waals surface area contributed by atoms with Crippen LogP contribution in [-0.4, -0.2) is 28.0 Å². The lowest BCUT2D eigenvalue weighted by atomic mass is 9.97. The topological polar surface area (TPSA) is 59.4 Å². The van der Waals surface area contributed by atoms with Gasteiger partial charge in [0.1, 0.15) is 0 Å². The summed E-state index contributed by atoms with van der Waals surface area (Å²) >= 11 is 9.04. The van der Waals surface area contributed by atoms with Gasteiger partial charge in [-0.3, -0.25) is 9.58 Å². The van der Waals surface area contributed by atoms with Gasteiger partial charge in [0.25, 0.3) is 0 Å². The number of methoxy groups -OCH3 is 1. The highest BCUT2D eigenvalue weighted by atomic mass is 79.9. The number of carbonyl (C=O) groups is 1. The number of halogens is 1. The molecule has 8 heteroatoms. The molecule has 1 aliphatic heterocycles. The summed E-state index contributed by atoms with van der Waals surface area (Å²) in [5.41, 5.74) is 2.93. The Morgan fingerprint density at radius 1 is 1.44 bits per heavy atom. The zero-order chi connectivity index (χ0) is 18.1. The Hall–Kier alpha value is -2.19. The van der Waals surface area contributed by atoms with Crippen molar-refractivity contribution in [1.82, 2.24) is 15.1 Å². The first-order valence-electron chi connectivity index (χ1n) is 7.56. The summed E-state index contributed by atoms with van der Waals surface area (Å²) in [6, 6.07) is 7.32. The van der Waals surface area contributed by atoms with Crippen molar-refractivity contribution < 1.29 is 9.53 Å². The lowest BCUT2D eigenvalue weighted by Gasteiger charge is -2.37. The van der Waals surface area contributed by atoms with Crippen molar-refractivity contribution in [2.75, 3.05) is 12.0 Å². The molecule has 25 heavy (non-hydrogen) atoms. The zero-order valence-corrected chi connectivity index (χ0v) is 16.4. The van der Waals surface area contributed by atoms with Crippen LogP contribution in [0.1, 0.15) is 18.5 Å². The summed E-state index contributed by atoms with van der Waals surface area (Å²) in [5, 5.41) is 7.94. The van der Waals surface area contributed by atoms with Crippen molar-refractivity contribution in [3.05, 3.63) is 58.0 Å². The minimum absolute atomic E-state index is 0.402. The van der Waals surface area contributed by atoms with Gasteiger partial charge in [0.15, 0.2) is 5.11 Å². The number of hydrogen-bond acceptors (Lipinski definition) is 4. The van der Waals surface area contributed by atoms with E-state index in [1.165, 1.54) is 7.11 Å². The molecule has 1 aromatic heterocycles. The standard InChI is InChI=1S/C17H17BrN4O2S/c1-10-14(16(23)24-3)15(11-8-19-21(2)9-11)20-17(25)22(10)13-6-4-5-12(18)7-13/h4-9,15H,1-3H3,(H,20,25)/t15-/m0/s1. The minimum atomic E-state index is -0.406. The fourth-order valence-electron chi connectivity index (χ4n) is 2.88. The minimum Gasteiger partial charge on any atom is -0.466 e. The summed E-state index contributed by atoms with van der Waals surface area (Å²) in [4.78, 5) is 14.3. The normalized spacial score (nSPS) is 17.5. The van der Waals surface area contributed by atoms with Crippen molar-refractivity contribution in [1.29, 1.82) is 0 Å². The summed E-state index contributed by atoms with van der Waals surface area (Å²) in [6.45, 7) is 1.86. The van der Waals surface area contributed by atoms with E-state index < -0.39 is 12.0 Å². The van der Waals surface area contributed by atoms with E-state index in [0.717, 1.165) is 21.4 Å². The third kappa shape index (κ3) is 3.32. The van der Waals surface area contributed by atoms with Crippen LogP contribution in [0.2, 0.25) is 0 Å². The molecule has 3 rings (SSSR count). The van der Waals surface area contributed by atoms with E-state index in [2.05, 4.69) is 26.3 Å². The van der Waals surface area contributed by atoms with Gasteiger partial charge in [0, 0.05) is 34.7 Å². The maximum Gasteiger partial charge on any atom is 0.337 e. The number of nitrogens with zero attached hydrogens (tertiary/aromatic N) is 3. The Balaban J connectivity index is 2.14. The summed E-state index contributed by atoms with van der Waals surface area (Å²) in [6.07, 6.45) is 3.57. The predicted octanol–water partition coefficient (Wildman–Crippen LogP) is 3.07. The number of aromatic nitrogens is 2. The van der Waals surface area contributed by atoms with Gasteiger partial charge >= 0.3 is 5.97 Å². The average molecular weight is 421 g/mol. The van der Waals surface area contributed by atoms with Gasteiger partial charge < -0.3 is 10.1 Å². The molecule has 6 nitrogen and oxygen atoms in total. The maximum absolute atomic E-state index is 12.5. The number of benzene rings is 1. The Kier molecular flexibility index (Phi) is 4.91. The molecule has 130 valence electrons. The van der Waals surface area contributed by atoms with E-state index >= 15 is 0 Å². The summed E-state index contributed by atoms with van der Waals surface area (Å²) < 4.78 is 7.63. The largest absolute Gasteiger partial charge is 0.466 e. The molecule has 0 saturated carbocycles. The third-order valence-corrected chi connectivity index (χ3v) is 4.81. The molecule has 1 N–H and O–H groups in total. The lowest BCUT2D eigenvalue weighted by Crippen LogP contribution is -2.48. The molecule has 0 saturated heterocycles. The van der Waals surface area contributed by atoms with Crippen LogP contribution in [0.25, 0.3) is 0 Å². The number of esters is 1. The fraction of sp³-hybridized carbons (Fsp3) is 0.235. The molecule has 1 aromatic carbocycles. The summed E-state index contributed by atoms with van der Waals surface area (Å²) in [7, 11) is 3.20. The molecule has 1 aliphatic rings. The van der Waals surface area contributed by atoms with Gasteiger partial charge in [-0.05, 0) is 37.3 Å². The average Bonchev–Trinajstić information content (AvgIpc) is 3.00. The van der Waals surface area contributed by atoms with Crippen LogP contribution >= 0.6 is 28.1 Å². The van der Waals surface area contributed by atoms with Crippen molar-refractivity contribution in [3.8, 4) is 0 Å². The number of nitrogens with one attached hydrogen (secondary N) is 1. The highest BCUT2D eigenvalue weighted by Gasteiger charge is 2.35. The number of anilines is 1. The Morgan fingerprint density at radius 2 is 2.20 bits per heavy atom. The second-order valence-corrected chi connectivity index (χ2v) is 6.94. The van der Waals surface area contributed by atoms with Gasteiger partial charge in [-0.15, -0.1) is 0 Å². The van der Waals surface area contributed by atoms with Crippen LogP contribution in [0, 0.1) is 0 Å². The molecule has 0 bridgehead atoms. The van der Waals surface area contributed by atoms with Crippen molar-refractivity contribution in [3.63, 3.8) is 0 Å². The molecule has 0 aliphatic carbocycles. The van der Waals surface area contributed by atoms with Crippen molar-refractivity contribution in [2.24, 2.45) is 7.05 Å². The monoisotopic (exact) mass is 420 g/mol. The van der Waals surface area contributed by atoms with E-state index in [0.29, 0.717) is 10.7 Å². The molecular formula is C17H17BrN4O2S. The van der Waals surface area contributed by atoms with E-state index in [-0.39, 0.29) is 0 Å². The van der Waals surface area contributed by atoms with Crippen molar-refractivity contribution in [2.45, 2.75) is 13.0 Å². The quantitative estimate of drug-likeness (QED) is 0.608. The SMILES string of the molecule is COC(=O)C1=C(C)N(c2cccc(Br)c2)C(=S)N[C@H]1c1cnn(C)c1. The number of ether oxygens (including phenoxy) is 1. The molecule has 2 heterocycles. The highest BCUT2D eigenvalue weighted by molar-refractivity contribution is 9.10. The van der Waals surface area contributed by atoms with Gasteiger partial charge in [-0.25, -0.2) is 4.79 Å². The fourth-order valence-corrected chi connectivity index (χ4v) is 3.63. The number of aryl methyl sites for hydroxylation is 1. The zero-order valence-electron chi connectivity index (χ0n) is 14.0. The molecule has 0 radical (unpaired) electrons. The Labute approximate surface area is 159 Å². The number of hydrogen-bond donors (Lipinski definition) is 1. The van der Waals surface area contributed by atoms with Gasteiger partial charge in [-0.1, -0.05) is 22.0 Å². The van der Waals surface area contributed by atoms with E-state index in [4.69, 9.17) is 17.0 Å². The van der Waals surface area contributed by atoms with E-state index in [1.807, 2.05) is 49.3 Å². The van der Waals surface area contributed by atoms with Crippen LogP contribution in [0.3, 0.4) is 0 Å². The van der Waals surface area contributed by atoms with Gasteiger partial charge in [-0.2, -0.15) is 5.10 Å². The van der Waals surface area contributed by atoms with E-state index in [1.54, 1.807) is 10.9 Å². The van der Waals surface area contributed by atoms with Crippen LogP contribution < -0.4 is 10.2 Å². The Bertz CT molecular complexity index is 877. The summed E-state index contributed by atoms with van der Waals surface area (Å²) in [5.74, 6) is -0.402. The maximum atomic E-state index is 12.5. The Morgan fingerprint density at radius 3 is 2.80 bits per heavy atom. The van der Waals surface area contributed by atoms with Gasteiger partial charge in [0.05, 0.1) is 24.9 Å². The second kappa shape index (κ2) is 6.97. The molecule has 0 amide bonds. The number of carbonyl (C=O) groups excluding carboxylic acids is 1. The number of rotatable bonds is 3. The first kappa shape index (κ1) is 17.6. The lowest BCUT2D eigenvalue weighted by molar-refractivity contribution is -0.136. The molecule has 2 aromatic rings. The molecule has 0 fully saturated rings. The molecule has 1 atom stereocenters. The molecule has 0 spiro atoms. The molecule has 0 unspecified atom stereocenters. The van der Waals surface area contributed by atoms with Crippen molar-refractivity contribution >= 4 is 44.9 Å². The number of allylic oxidation sites excluding steroid dienone is 1. The molecular weight excluding hydrogens is 404 g/mol. The van der Waals surface area contributed by atoms with Crippen LogP contribution in [0.5, 0.6) is 0 Å². The highest BCUT2D eigenvalue weighted by Crippen LogP contribution is 2.34. The van der Waals surface area contributed by atoms with E-state index in [9.17, 15) is 4.79 Å². The van der Waals surface area contributed by atoms with Crippen LogP contribution in [-0.2, 0) is 16.6 Å². The first-order valence-corrected chi connectivity index (χ1v) is 8.76. The van der Waals surface area contributed by atoms with Gasteiger partial charge in [0.2, 0.25) is 0 Å². The van der Waals surface area contributed by atoms with Crippen LogP contribution in [0.4, 0.5) is 5.69 Å². The van der Waals surface area contributed by atoms with Crippen LogP contribution in [0.15, 0.2) is 52.4 Å². The second-order valence-electron chi connectivity index (χ2n) is 5.64. The first-order chi connectivity index (χ1) is 11.9. The third-order valence-electron chi connectivity index (χ3n) is 4.01. The number of thiocarbonyl (C=S) groups is 1. The predicted molar refractivity (Wildman–Crippen MR) is 103 cm³/mol. The smallest absolute Gasteiger partial charge is 0.337 e.